The second-order valence-electron chi connectivity index (χ2n) is 6.25. The van der Waals surface area contributed by atoms with Gasteiger partial charge in [0.1, 0.15) is 5.76 Å². The van der Waals surface area contributed by atoms with Gasteiger partial charge in [-0.1, -0.05) is 27.7 Å². The summed E-state index contributed by atoms with van der Waals surface area (Å²) >= 11 is 0. The van der Waals surface area contributed by atoms with Gasteiger partial charge in [-0.3, -0.25) is 4.79 Å². The lowest BCUT2D eigenvalue weighted by Crippen LogP contribution is -2.62. The van der Waals surface area contributed by atoms with Crippen molar-refractivity contribution in [2.45, 2.75) is 59.1 Å². The van der Waals surface area contributed by atoms with Crippen LogP contribution in [-0.4, -0.2) is 29.6 Å². The number of amides is 1. The number of nitrogens with zero attached hydrogens (tertiary/aromatic N) is 1. The largest absolute Gasteiger partial charge is 0.447 e. The van der Waals surface area contributed by atoms with Gasteiger partial charge in [-0.25, -0.2) is 4.98 Å². The Balaban J connectivity index is 2.01. The molecule has 0 radical (unpaired) electrons. The minimum atomic E-state index is -0.157. The highest BCUT2D eigenvalue weighted by atomic mass is 16.5. The average molecular weight is 280 g/mol. The highest BCUT2D eigenvalue weighted by Gasteiger charge is 2.49. The van der Waals surface area contributed by atoms with Crippen molar-refractivity contribution in [3.8, 4) is 0 Å². The minimum Gasteiger partial charge on any atom is -0.447 e. The van der Waals surface area contributed by atoms with E-state index in [0.717, 1.165) is 6.42 Å². The van der Waals surface area contributed by atoms with Crippen molar-refractivity contribution >= 4 is 5.91 Å². The molecule has 2 atom stereocenters. The van der Waals surface area contributed by atoms with Gasteiger partial charge < -0.3 is 14.5 Å². The first kappa shape index (κ1) is 15.0. The first-order valence-electron chi connectivity index (χ1n) is 7.23. The van der Waals surface area contributed by atoms with Crippen LogP contribution in [0.15, 0.2) is 10.8 Å². The number of aromatic nitrogens is 1. The highest BCUT2D eigenvalue weighted by Crippen LogP contribution is 2.42. The van der Waals surface area contributed by atoms with Crippen LogP contribution in [0.4, 0.5) is 0 Å². The molecule has 1 heterocycles. The maximum absolute atomic E-state index is 12.3. The van der Waals surface area contributed by atoms with Gasteiger partial charge in [0.05, 0.1) is 6.10 Å². The maximum Gasteiger partial charge on any atom is 0.273 e. The fraction of sp³-hybridized carbons (Fsp3) is 0.733. The van der Waals surface area contributed by atoms with Gasteiger partial charge in [0, 0.05) is 24.0 Å². The Morgan fingerprint density at radius 2 is 2.30 bits per heavy atom. The lowest BCUT2D eigenvalue weighted by molar-refractivity contribution is -0.111. The Morgan fingerprint density at radius 3 is 2.85 bits per heavy atom. The topological polar surface area (TPSA) is 64.4 Å². The fourth-order valence-electron chi connectivity index (χ4n) is 2.68. The van der Waals surface area contributed by atoms with Gasteiger partial charge in [-0.05, 0) is 13.3 Å². The van der Waals surface area contributed by atoms with E-state index in [1.807, 2.05) is 20.8 Å². The van der Waals surface area contributed by atoms with Crippen LogP contribution >= 0.6 is 0 Å². The molecule has 0 bridgehead atoms. The second kappa shape index (κ2) is 5.56. The molecule has 1 amide bonds. The average Bonchev–Trinajstić information content (AvgIpc) is 2.86. The molecule has 5 heteroatoms. The molecule has 112 valence electrons. The zero-order valence-electron chi connectivity index (χ0n) is 12.9. The molecule has 20 heavy (non-hydrogen) atoms. The number of nitrogens with one attached hydrogen (secondary N) is 1. The summed E-state index contributed by atoms with van der Waals surface area (Å²) in [4.78, 5) is 16.4. The fourth-order valence-corrected chi connectivity index (χ4v) is 2.68. The van der Waals surface area contributed by atoms with E-state index in [4.69, 9.17) is 9.15 Å². The molecule has 1 N–H and O–H groups in total. The number of carbonyl (C=O) groups excluding carboxylic acids is 1. The molecule has 0 saturated heterocycles. The summed E-state index contributed by atoms with van der Waals surface area (Å²) < 4.78 is 11.0. The first-order chi connectivity index (χ1) is 9.37. The molecule has 1 saturated carbocycles. The van der Waals surface area contributed by atoms with Crippen molar-refractivity contribution in [2.24, 2.45) is 5.41 Å². The lowest BCUT2D eigenvalue weighted by Gasteiger charge is -2.51. The van der Waals surface area contributed by atoms with E-state index in [1.165, 1.54) is 6.39 Å². The summed E-state index contributed by atoms with van der Waals surface area (Å²) in [6.07, 6.45) is 2.39. The molecule has 0 unspecified atom stereocenters. The molecule has 5 nitrogen and oxygen atoms in total. The van der Waals surface area contributed by atoms with Gasteiger partial charge in [0.25, 0.3) is 5.91 Å². The van der Waals surface area contributed by atoms with Gasteiger partial charge in [-0.15, -0.1) is 0 Å². The minimum absolute atomic E-state index is 0.0482. The molecular weight excluding hydrogens is 256 g/mol. The summed E-state index contributed by atoms with van der Waals surface area (Å²) in [5, 5.41) is 3.05. The molecule has 1 fully saturated rings. The predicted molar refractivity (Wildman–Crippen MR) is 75.7 cm³/mol. The zero-order chi connectivity index (χ0) is 14.9. The standard InChI is InChI=1S/C15H24N2O3/c1-6-19-11-7-10(15(11,4)5)17-14(18)12-13(9(2)3)20-8-16-12/h8-11H,6-7H2,1-5H3,(H,17,18)/t10-,11-/m0/s1. The van der Waals surface area contributed by atoms with Crippen LogP contribution in [0.3, 0.4) is 0 Å². The smallest absolute Gasteiger partial charge is 0.273 e. The molecule has 1 aromatic rings. The molecular formula is C15H24N2O3. The van der Waals surface area contributed by atoms with Crippen molar-refractivity contribution in [3.05, 3.63) is 17.8 Å². The van der Waals surface area contributed by atoms with Crippen LogP contribution in [0.2, 0.25) is 0 Å². The highest BCUT2D eigenvalue weighted by molar-refractivity contribution is 5.93. The van der Waals surface area contributed by atoms with Crippen LogP contribution < -0.4 is 5.32 Å². The van der Waals surface area contributed by atoms with E-state index >= 15 is 0 Å². The Labute approximate surface area is 120 Å². The van der Waals surface area contributed by atoms with E-state index in [2.05, 4.69) is 24.1 Å². The summed E-state index contributed by atoms with van der Waals surface area (Å²) in [5.41, 5.74) is 0.351. The third-order valence-electron chi connectivity index (χ3n) is 4.19. The molecule has 0 aliphatic heterocycles. The predicted octanol–water partition coefficient (Wildman–Crippen LogP) is 2.73. The van der Waals surface area contributed by atoms with Crippen LogP contribution in [-0.2, 0) is 4.74 Å². The summed E-state index contributed by atoms with van der Waals surface area (Å²) in [6.45, 7) is 10.9. The SMILES string of the molecule is CCO[C@H]1C[C@H](NC(=O)c2ncoc2C(C)C)C1(C)C. The third-order valence-corrected chi connectivity index (χ3v) is 4.19. The Hall–Kier alpha value is -1.36. The van der Waals surface area contributed by atoms with Crippen LogP contribution in [0.25, 0.3) is 0 Å². The number of hydrogen-bond donors (Lipinski definition) is 1. The summed E-state index contributed by atoms with van der Waals surface area (Å²) in [5.74, 6) is 0.625. The number of carbonyl (C=O) groups is 1. The number of ether oxygens (including phenoxy) is 1. The number of hydrogen-bond acceptors (Lipinski definition) is 4. The number of oxazole rings is 1. The Bertz CT molecular complexity index is 479. The molecule has 2 rings (SSSR count). The molecule has 1 aromatic heterocycles. The van der Waals surface area contributed by atoms with Crippen molar-refractivity contribution in [1.82, 2.24) is 10.3 Å². The van der Waals surface area contributed by atoms with E-state index in [9.17, 15) is 4.79 Å². The quantitative estimate of drug-likeness (QED) is 0.900. The molecule has 1 aliphatic carbocycles. The molecule has 1 aliphatic rings. The van der Waals surface area contributed by atoms with E-state index < -0.39 is 0 Å². The Kier molecular flexibility index (Phi) is 4.18. The Morgan fingerprint density at radius 1 is 1.60 bits per heavy atom. The van der Waals surface area contributed by atoms with E-state index in [0.29, 0.717) is 18.1 Å². The van der Waals surface area contributed by atoms with E-state index in [-0.39, 0.29) is 29.4 Å². The van der Waals surface area contributed by atoms with Crippen molar-refractivity contribution in [2.75, 3.05) is 6.61 Å². The monoisotopic (exact) mass is 280 g/mol. The first-order valence-corrected chi connectivity index (χ1v) is 7.23. The third kappa shape index (κ3) is 2.59. The summed E-state index contributed by atoms with van der Waals surface area (Å²) in [7, 11) is 0. The van der Waals surface area contributed by atoms with Gasteiger partial charge >= 0.3 is 0 Å². The van der Waals surface area contributed by atoms with Gasteiger partial charge in [-0.2, -0.15) is 0 Å². The zero-order valence-corrected chi connectivity index (χ0v) is 12.9. The maximum atomic E-state index is 12.3. The molecule has 0 aromatic carbocycles. The van der Waals surface area contributed by atoms with Crippen molar-refractivity contribution in [3.63, 3.8) is 0 Å². The van der Waals surface area contributed by atoms with Crippen molar-refractivity contribution in [1.29, 1.82) is 0 Å². The van der Waals surface area contributed by atoms with Gasteiger partial charge in [0.15, 0.2) is 12.1 Å². The van der Waals surface area contributed by atoms with Crippen LogP contribution in [0.1, 0.15) is 63.2 Å². The molecule has 0 spiro atoms. The van der Waals surface area contributed by atoms with Crippen molar-refractivity contribution < 1.29 is 13.9 Å². The normalized spacial score (nSPS) is 24.5. The van der Waals surface area contributed by atoms with Gasteiger partial charge in [0.2, 0.25) is 0 Å². The summed E-state index contributed by atoms with van der Waals surface area (Å²) in [6, 6.07) is 0.114. The van der Waals surface area contributed by atoms with Crippen LogP contribution in [0.5, 0.6) is 0 Å². The lowest BCUT2D eigenvalue weighted by atomic mass is 9.64. The second-order valence-corrected chi connectivity index (χ2v) is 6.25. The number of rotatable bonds is 5. The van der Waals surface area contributed by atoms with Crippen LogP contribution in [0, 0.1) is 5.41 Å². The van der Waals surface area contributed by atoms with E-state index in [1.54, 1.807) is 0 Å².